The van der Waals surface area contributed by atoms with E-state index in [9.17, 15) is 4.79 Å². The van der Waals surface area contributed by atoms with Crippen LogP contribution in [0.2, 0.25) is 0 Å². The first kappa shape index (κ1) is 12.4. The molecule has 0 saturated heterocycles. The highest BCUT2D eigenvalue weighted by atomic mass is 16.5. The number of rotatable bonds is 5. The van der Waals surface area contributed by atoms with E-state index in [0.29, 0.717) is 19.3 Å². The first-order valence-corrected chi connectivity index (χ1v) is 5.40. The molecule has 0 bridgehead atoms. The molecule has 1 aliphatic rings. The van der Waals surface area contributed by atoms with Gasteiger partial charge in [0.15, 0.2) is 0 Å². The number of isocyanates is 1. The topological polar surface area (TPSA) is 47.9 Å². The van der Waals surface area contributed by atoms with Gasteiger partial charge < -0.3 is 9.47 Å². The third-order valence-electron chi connectivity index (χ3n) is 2.97. The summed E-state index contributed by atoms with van der Waals surface area (Å²) in [7, 11) is 1.67. The Bertz CT molecular complexity index is 228. The summed E-state index contributed by atoms with van der Waals surface area (Å²) in [4.78, 5) is 14.1. The first-order chi connectivity index (χ1) is 7.20. The van der Waals surface area contributed by atoms with Crippen molar-refractivity contribution in [3.63, 3.8) is 0 Å². The number of hydrogen-bond acceptors (Lipinski definition) is 4. The highest BCUT2D eigenvalue weighted by Crippen LogP contribution is 2.32. The molecular weight excluding hydrogens is 194 g/mol. The minimum atomic E-state index is -0.205. The van der Waals surface area contributed by atoms with Gasteiger partial charge in [0, 0.05) is 7.11 Å². The van der Waals surface area contributed by atoms with Crippen LogP contribution in [0.1, 0.15) is 32.6 Å². The van der Waals surface area contributed by atoms with E-state index in [0.717, 1.165) is 25.7 Å². The summed E-state index contributed by atoms with van der Waals surface area (Å²) in [6.07, 6.45) is 5.69. The van der Waals surface area contributed by atoms with E-state index in [2.05, 4.69) is 4.99 Å². The minimum Gasteiger partial charge on any atom is -0.382 e. The summed E-state index contributed by atoms with van der Waals surface area (Å²) in [6, 6.07) is 0. The van der Waals surface area contributed by atoms with E-state index < -0.39 is 0 Å². The Morgan fingerprint density at radius 2 is 2.07 bits per heavy atom. The molecule has 86 valence electrons. The maximum Gasteiger partial charge on any atom is 0.235 e. The van der Waals surface area contributed by atoms with Crippen molar-refractivity contribution in [2.24, 2.45) is 4.99 Å². The van der Waals surface area contributed by atoms with Crippen LogP contribution in [0.3, 0.4) is 0 Å². The molecule has 0 amide bonds. The monoisotopic (exact) mass is 213 g/mol. The lowest BCUT2D eigenvalue weighted by atomic mass is 9.82. The molecule has 1 aliphatic carbocycles. The molecule has 0 unspecified atom stereocenters. The van der Waals surface area contributed by atoms with E-state index in [4.69, 9.17) is 9.47 Å². The van der Waals surface area contributed by atoms with Gasteiger partial charge in [0.05, 0.1) is 24.9 Å². The van der Waals surface area contributed by atoms with Crippen LogP contribution >= 0.6 is 0 Å². The maximum absolute atomic E-state index is 10.2. The number of hydrogen-bond donors (Lipinski definition) is 0. The van der Waals surface area contributed by atoms with Crippen molar-refractivity contribution in [2.75, 3.05) is 20.3 Å². The highest BCUT2D eigenvalue weighted by Gasteiger charge is 2.31. The molecule has 0 aromatic heterocycles. The fraction of sp³-hybridized carbons (Fsp3) is 0.909. The maximum atomic E-state index is 10.2. The Labute approximate surface area is 90.7 Å². The van der Waals surface area contributed by atoms with Crippen LogP contribution in [0.25, 0.3) is 0 Å². The zero-order valence-electron chi connectivity index (χ0n) is 9.49. The van der Waals surface area contributed by atoms with Crippen LogP contribution in [0.5, 0.6) is 0 Å². The molecule has 0 heterocycles. The first-order valence-electron chi connectivity index (χ1n) is 5.40. The summed E-state index contributed by atoms with van der Waals surface area (Å²) >= 11 is 0. The second kappa shape index (κ2) is 6.01. The minimum absolute atomic E-state index is 0.205. The summed E-state index contributed by atoms with van der Waals surface area (Å²) in [5.41, 5.74) is -0.205. The fourth-order valence-corrected chi connectivity index (χ4v) is 1.90. The van der Waals surface area contributed by atoms with Gasteiger partial charge in [-0.3, -0.25) is 0 Å². The molecule has 0 aliphatic heterocycles. The Morgan fingerprint density at radius 3 is 2.60 bits per heavy atom. The van der Waals surface area contributed by atoms with Crippen LogP contribution in [0.15, 0.2) is 4.99 Å². The van der Waals surface area contributed by atoms with E-state index in [1.807, 2.05) is 6.92 Å². The Kier molecular flexibility index (Phi) is 4.95. The second-order valence-electron chi connectivity index (χ2n) is 4.26. The normalized spacial score (nSPS) is 30.9. The van der Waals surface area contributed by atoms with Gasteiger partial charge in [0.1, 0.15) is 0 Å². The smallest absolute Gasteiger partial charge is 0.235 e. The van der Waals surface area contributed by atoms with Crippen molar-refractivity contribution in [1.82, 2.24) is 0 Å². The lowest BCUT2D eigenvalue weighted by molar-refractivity contribution is -0.00899. The predicted octanol–water partition coefficient (Wildman–Crippen LogP) is 1.69. The Balaban J connectivity index is 2.26. The average Bonchev–Trinajstić information content (AvgIpc) is 2.22. The van der Waals surface area contributed by atoms with E-state index in [-0.39, 0.29) is 5.54 Å². The van der Waals surface area contributed by atoms with E-state index in [1.54, 1.807) is 13.2 Å². The van der Waals surface area contributed by atoms with Crippen molar-refractivity contribution in [3.05, 3.63) is 0 Å². The van der Waals surface area contributed by atoms with E-state index >= 15 is 0 Å². The molecule has 4 nitrogen and oxygen atoms in total. The standard InChI is InChI=1S/C11H19NO3/c1-11(12-9-13)5-3-10(4-6-11)15-8-7-14-2/h10H,3-8H2,1-2H3/t10-,11-. The number of nitrogens with zero attached hydrogens (tertiary/aromatic N) is 1. The SMILES string of the molecule is COCCO[C@H]1CC[C@](C)(N=C=O)CC1. The Morgan fingerprint density at radius 1 is 1.40 bits per heavy atom. The number of aliphatic imine (C=N–C) groups is 1. The number of methoxy groups -OCH3 is 1. The molecular formula is C11H19NO3. The second-order valence-corrected chi connectivity index (χ2v) is 4.26. The Hall–Kier alpha value is -0.700. The average molecular weight is 213 g/mol. The molecule has 0 N–H and O–H groups in total. The third-order valence-corrected chi connectivity index (χ3v) is 2.97. The summed E-state index contributed by atoms with van der Waals surface area (Å²) in [5.74, 6) is 0. The zero-order chi connectivity index (χ0) is 11.1. The number of ether oxygens (including phenoxy) is 2. The highest BCUT2D eigenvalue weighted by molar-refractivity contribution is 5.34. The van der Waals surface area contributed by atoms with Gasteiger partial charge in [-0.25, -0.2) is 4.79 Å². The van der Waals surface area contributed by atoms with Gasteiger partial charge in [0.2, 0.25) is 6.08 Å². The van der Waals surface area contributed by atoms with Crippen LogP contribution in [0, 0.1) is 0 Å². The van der Waals surface area contributed by atoms with Crippen molar-refractivity contribution in [2.45, 2.75) is 44.2 Å². The van der Waals surface area contributed by atoms with Crippen LogP contribution < -0.4 is 0 Å². The molecule has 1 fully saturated rings. The van der Waals surface area contributed by atoms with Crippen LogP contribution in [-0.2, 0) is 14.3 Å². The summed E-state index contributed by atoms with van der Waals surface area (Å²) in [6.45, 7) is 3.29. The molecule has 0 radical (unpaired) electrons. The van der Waals surface area contributed by atoms with Crippen molar-refractivity contribution in [1.29, 1.82) is 0 Å². The van der Waals surface area contributed by atoms with Crippen molar-refractivity contribution < 1.29 is 14.3 Å². The predicted molar refractivity (Wildman–Crippen MR) is 56.6 cm³/mol. The van der Waals surface area contributed by atoms with Crippen LogP contribution in [0.4, 0.5) is 0 Å². The fourth-order valence-electron chi connectivity index (χ4n) is 1.90. The molecule has 0 aromatic rings. The summed E-state index contributed by atoms with van der Waals surface area (Å²) < 4.78 is 10.5. The largest absolute Gasteiger partial charge is 0.382 e. The zero-order valence-corrected chi connectivity index (χ0v) is 9.49. The quantitative estimate of drug-likeness (QED) is 0.396. The van der Waals surface area contributed by atoms with Crippen LogP contribution in [-0.4, -0.2) is 38.0 Å². The number of carbonyl (C=O) groups excluding carboxylic acids is 1. The summed E-state index contributed by atoms with van der Waals surface area (Å²) in [5, 5.41) is 0. The molecule has 0 spiro atoms. The van der Waals surface area contributed by atoms with Gasteiger partial charge in [-0.2, -0.15) is 4.99 Å². The lowest BCUT2D eigenvalue weighted by Gasteiger charge is -2.32. The molecule has 0 aromatic carbocycles. The van der Waals surface area contributed by atoms with E-state index in [1.165, 1.54) is 0 Å². The molecule has 1 rings (SSSR count). The van der Waals surface area contributed by atoms with Gasteiger partial charge in [-0.15, -0.1) is 0 Å². The van der Waals surface area contributed by atoms with Crippen molar-refractivity contribution >= 4 is 6.08 Å². The molecule has 1 saturated carbocycles. The van der Waals surface area contributed by atoms with Gasteiger partial charge in [-0.1, -0.05) is 0 Å². The van der Waals surface area contributed by atoms with Gasteiger partial charge in [-0.05, 0) is 32.6 Å². The lowest BCUT2D eigenvalue weighted by Crippen LogP contribution is -2.32. The molecule has 0 atom stereocenters. The van der Waals surface area contributed by atoms with Gasteiger partial charge >= 0.3 is 0 Å². The molecule has 15 heavy (non-hydrogen) atoms. The third kappa shape index (κ3) is 4.12. The van der Waals surface area contributed by atoms with Gasteiger partial charge in [0.25, 0.3) is 0 Å². The van der Waals surface area contributed by atoms with Crippen molar-refractivity contribution in [3.8, 4) is 0 Å². The molecule has 4 heteroatoms.